The SMILES string of the molecule is CNC1CCN(C(=O)CCc2ccc(Br)cc2)CC1.Cl. The lowest BCUT2D eigenvalue weighted by atomic mass is 10.0. The Morgan fingerprint density at radius 3 is 2.45 bits per heavy atom. The van der Waals surface area contributed by atoms with Gasteiger partial charge in [-0.05, 0) is 44.0 Å². The highest BCUT2D eigenvalue weighted by atomic mass is 79.9. The zero-order valence-corrected chi connectivity index (χ0v) is 14.2. The van der Waals surface area contributed by atoms with E-state index in [0.717, 1.165) is 36.8 Å². The number of rotatable bonds is 4. The number of hydrogen-bond donors (Lipinski definition) is 1. The van der Waals surface area contributed by atoms with Gasteiger partial charge in [-0.3, -0.25) is 4.79 Å². The van der Waals surface area contributed by atoms with Crippen molar-refractivity contribution in [3.05, 3.63) is 34.3 Å². The first-order valence-corrected chi connectivity index (χ1v) is 7.68. The monoisotopic (exact) mass is 360 g/mol. The average Bonchev–Trinajstić information content (AvgIpc) is 2.46. The van der Waals surface area contributed by atoms with Crippen LogP contribution in [0.1, 0.15) is 24.8 Å². The van der Waals surface area contributed by atoms with Crippen LogP contribution in [-0.2, 0) is 11.2 Å². The maximum absolute atomic E-state index is 12.1. The molecule has 0 bridgehead atoms. The van der Waals surface area contributed by atoms with Crippen LogP contribution >= 0.6 is 28.3 Å². The highest BCUT2D eigenvalue weighted by Gasteiger charge is 2.21. The van der Waals surface area contributed by atoms with Crippen molar-refractivity contribution in [2.45, 2.75) is 31.7 Å². The molecular weight excluding hydrogens is 340 g/mol. The van der Waals surface area contributed by atoms with Crippen LogP contribution in [0.3, 0.4) is 0 Å². The van der Waals surface area contributed by atoms with Gasteiger partial charge < -0.3 is 10.2 Å². The van der Waals surface area contributed by atoms with Crippen LogP contribution in [-0.4, -0.2) is 37.0 Å². The lowest BCUT2D eigenvalue weighted by Crippen LogP contribution is -2.44. The summed E-state index contributed by atoms with van der Waals surface area (Å²) >= 11 is 3.42. The number of hydrogen-bond acceptors (Lipinski definition) is 2. The molecule has 0 aromatic heterocycles. The summed E-state index contributed by atoms with van der Waals surface area (Å²) in [5, 5.41) is 3.28. The van der Waals surface area contributed by atoms with E-state index in [1.165, 1.54) is 5.56 Å². The molecule has 1 aromatic rings. The fourth-order valence-electron chi connectivity index (χ4n) is 2.48. The van der Waals surface area contributed by atoms with Gasteiger partial charge in [0.15, 0.2) is 0 Å². The molecule has 0 unspecified atom stereocenters. The molecule has 1 N–H and O–H groups in total. The highest BCUT2D eigenvalue weighted by molar-refractivity contribution is 9.10. The molecule has 3 nitrogen and oxygen atoms in total. The summed E-state index contributed by atoms with van der Waals surface area (Å²) in [6.07, 6.45) is 3.59. The standard InChI is InChI=1S/C15H21BrN2O.ClH/c1-17-14-8-10-18(11-9-14)15(19)7-4-12-2-5-13(16)6-3-12;/h2-3,5-6,14,17H,4,7-11H2,1H3;1H. The number of carbonyl (C=O) groups excluding carboxylic acids is 1. The predicted molar refractivity (Wildman–Crippen MR) is 88.4 cm³/mol. The Morgan fingerprint density at radius 1 is 1.30 bits per heavy atom. The topological polar surface area (TPSA) is 32.3 Å². The second kappa shape index (κ2) is 8.65. The maximum Gasteiger partial charge on any atom is 0.222 e. The van der Waals surface area contributed by atoms with E-state index in [9.17, 15) is 4.79 Å². The van der Waals surface area contributed by atoms with E-state index < -0.39 is 0 Å². The van der Waals surface area contributed by atoms with Crippen LogP contribution in [0.2, 0.25) is 0 Å². The third kappa shape index (κ3) is 5.08. The molecule has 1 aliphatic heterocycles. The molecule has 1 aliphatic rings. The predicted octanol–water partition coefficient (Wildman–Crippen LogP) is 3.01. The molecule has 112 valence electrons. The lowest BCUT2D eigenvalue weighted by Gasteiger charge is -2.31. The average molecular weight is 362 g/mol. The Morgan fingerprint density at radius 2 is 1.90 bits per heavy atom. The largest absolute Gasteiger partial charge is 0.343 e. The molecular formula is C15H22BrClN2O. The van der Waals surface area contributed by atoms with Crippen LogP contribution in [0.4, 0.5) is 0 Å². The van der Waals surface area contributed by atoms with E-state index in [1.807, 2.05) is 24.1 Å². The molecule has 1 fully saturated rings. The minimum atomic E-state index is 0. The molecule has 2 rings (SSSR count). The molecule has 0 aliphatic carbocycles. The third-order valence-electron chi connectivity index (χ3n) is 3.80. The van der Waals surface area contributed by atoms with Gasteiger partial charge in [0.1, 0.15) is 0 Å². The molecule has 0 spiro atoms. The van der Waals surface area contributed by atoms with Gasteiger partial charge >= 0.3 is 0 Å². The van der Waals surface area contributed by atoms with Crippen molar-refractivity contribution in [2.75, 3.05) is 20.1 Å². The van der Waals surface area contributed by atoms with Crippen molar-refractivity contribution in [1.29, 1.82) is 0 Å². The van der Waals surface area contributed by atoms with E-state index >= 15 is 0 Å². The smallest absolute Gasteiger partial charge is 0.222 e. The van der Waals surface area contributed by atoms with Crippen molar-refractivity contribution < 1.29 is 4.79 Å². The zero-order valence-electron chi connectivity index (χ0n) is 11.8. The van der Waals surface area contributed by atoms with Crippen LogP contribution < -0.4 is 5.32 Å². The van der Waals surface area contributed by atoms with E-state index in [2.05, 4.69) is 33.4 Å². The number of likely N-dealkylation sites (tertiary alicyclic amines) is 1. The number of benzene rings is 1. The molecule has 20 heavy (non-hydrogen) atoms. The Bertz CT molecular complexity index is 416. The van der Waals surface area contributed by atoms with Crippen molar-refractivity contribution in [2.24, 2.45) is 0 Å². The van der Waals surface area contributed by atoms with Gasteiger partial charge in [-0.2, -0.15) is 0 Å². The Hall–Kier alpha value is -0.580. The highest BCUT2D eigenvalue weighted by Crippen LogP contribution is 2.14. The fraction of sp³-hybridized carbons (Fsp3) is 0.533. The summed E-state index contributed by atoms with van der Waals surface area (Å²) in [5.74, 6) is 0.289. The summed E-state index contributed by atoms with van der Waals surface area (Å²) < 4.78 is 1.08. The second-order valence-corrected chi connectivity index (χ2v) is 5.99. The first-order chi connectivity index (χ1) is 9.19. The van der Waals surface area contributed by atoms with Crippen LogP contribution in [0.5, 0.6) is 0 Å². The maximum atomic E-state index is 12.1. The molecule has 0 saturated carbocycles. The number of halogens is 2. The van der Waals surface area contributed by atoms with Crippen LogP contribution in [0.15, 0.2) is 28.7 Å². The number of nitrogens with zero attached hydrogens (tertiary/aromatic N) is 1. The molecule has 1 aromatic carbocycles. The summed E-state index contributed by atoms with van der Waals surface area (Å²) in [7, 11) is 2.00. The molecule has 1 heterocycles. The van der Waals surface area contributed by atoms with E-state index in [1.54, 1.807) is 0 Å². The molecule has 1 saturated heterocycles. The number of piperidine rings is 1. The van der Waals surface area contributed by atoms with Gasteiger partial charge in [-0.25, -0.2) is 0 Å². The lowest BCUT2D eigenvalue weighted by molar-refractivity contribution is -0.132. The molecule has 1 amide bonds. The van der Waals surface area contributed by atoms with Crippen molar-refractivity contribution in [1.82, 2.24) is 10.2 Å². The van der Waals surface area contributed by atoms with Crippen LogP contribution in [0, 0.1) is 0 Å². The number of amides is 1. The van der Waals surface area contributed by atoms with E-state index in [0.29, 0.717) is 12.5 Å². The fourth-order valence-corrected chi connectivity index (χ4v) is 2.74. The molecule has 0 radical (unpaired) electrons. The minimum Gasteiger partial charge on any atom is -0.343 e. The third-order valence-corrected chi connectivity index (χ3v) is 4.33. The zero-order chi connectivity index (χ0) is 13.7. The van der Waals surface area contributed by atoms with Crippen LogP contribution in [0.25, 0.3) is 0 Å². The van der Waals surface area contributed by atoms with Gasteiger partial charge in [0.2, 0.25) is 5.91 Å². The van der Waals surface area contributed by atoms with Gasteiger partial charge in [0.05, 0.1) is 0 Å². The Labute approximate surface area is 135 Å². The van der Waals surface area contributed by atoms with Crippen molar-refractivity contribution in [3.63, 3.8) is 0 Å². The molecule has 0 atom stereocenters. The summed E-state index contributed by atoms with van der Waals surface area (Å²) in [5.41, 5.74) is 1.22. The van der Waals surface area contributed by atoms with Crippen molar-refractivity contribution >= 4 is 34.2 Å². The quantitative estimate of drug-likeness (QED) is 0.894. The first-order valence-electron chi connectivity index (χ1n) is 6.88. The normalized spacial score (nSPS) is 15.8. The minimum absolute atomic E-state index is 0. The number of aryl methyl sites for hydroxylation is 1. The summed E-state index contributed by atoms with van der Waals surface area (Å²) in [4.78, 5) is 14.1. The van der Waals surface area contributed by atoms with Crippen molar-refractivity contribution in [3.8, 4) is 0 Å². The van der Waals surface area contributed by atoms with Gasteiger partial charge in [-0.15, -0.1) is 12.4 Å². The van der Waals surface area contributed by atoms with Gasteiger partial charge in [0, 0.05) is 30.0 Å². The van der Waals surface area contributed by atoms with Gasteiger partial charge in [0.25, 0.3) is 0 Å². The summed E-state index contributed by atoms with van der Waals surface area (Å²) in [6, 6.07) is 8.78. The number of nitrogens with one attached hydrogen (secondary N) is 1. The van der Waals surface area contributed by atoms with E-state index in [4.69, 9.17) is 0 Å². The molecule has 5 heteroatoms. The Balaban J connectivity index is 0.00000200. The number of carbonyl (C=O) groups is 1. The summed E-state index contributed by atoms with van der Waals surface area (Å²) in [6.45, 7) is 1.79. The Kier molecular flexibility index (Phi) is 7.56. The van der Waals surface area contributed by atoms with Gasteiger partial charge in [-0.1, -0.05) is 28.1 Å². The second-order valence-electron chi connectivity index (χ2n) is 5.07. The van der Waals surface area contributed by atoms with E-state index in [-0.39, 0.29) is 18.3 Å². The first kappa shape index (κ1) is 17.5.